The molecule has 1 N–H and O–H groups in total. The zero-order chi connectivity index (χ0) is 18.4. The third-order valence-corrected chi connectivity index (χ3v) is 5.35. The SMILES string of the molecule is CCOC(=O)C1CCN(C(=O)NCC2CCN(c3ccccc3)C2)CC1. The van der Waals surface area contributed by atoms with Gasteiger partial charge in [0.2, 0.25) is 0 Å². The van der Waals surface area contributed by atoms with Crippen LogP contribution in [0.1, 0.15) is 26.2 Å². The van der Waals surface area contributed by atoms with E-state index in [1.165, 1.54) is 5.69 Å². The van der Waals surface area contributed by atoms with Crippen molar-refractivity contribution in [3.8, 4) is 0 Å². The smallest absolute Gasteiger partial charge is 0.317 e. The molecule has 0 radical (unpaired) electrons. The van der Waals surface area contributed by atoms with Crippen molar-refractivity contribution in [2.24, 2.45) is 11.8 Å². The van der Waals surface area contributed by atoms with Crippen molar-refractivity contribution in [1.82, 2.24) is 10.2 Å². The second-order valence-corrected chi connectivity index (χ2v) is 7.14. The summed E-state index contributed by atoms with van der Waals surface area (Å²) in [5, 5.41) is 3.08. The number of nitrogens with one attached hydrogen (secondary N) is 1. The number of nitrogens with zero attached hydrogens (tertiary/aromatic N) is 2. The van der Waals surface area contributed by atoms with Crippen molar-refractivity contribution in [3.63, 3.8) is 0 Å². The number of ether oxygens (including phenoxy) is 1. The van der Waals surface area contributed by atoms with Crippen LogP contribution in [-0.2, 0) is 9.53 Å². The van der Waals surface area contributed by atoms with Gasteiger partial charge in [-0.15, -0.1) is 0 Å². The highest BCUT2D eigenvalue weighted by molar-refractivity contribution is 5.76. The number of para-hydroxylation sites is 1. The maximum atomic E-state index is 12.4. The van der Waals surface area contributed by atoms with Gasteiger partial charge in [0.05, 0.1) is 12.5 Å². The quantitative estimate of drug-likeness (QED) is 0.821. The fraction of sp³-hybridized carbons (Fsp3) is 0.600. The van der Waals surface area contributed by atoms with Crippen LogP contribution in [0, 0.1) is 11.8 Å². The zero-order valence-corrected chi connectivity index (χ0v) is 15.5. The Morgan fingerprint density at radius 1 is 1.12 bits per heavy atom. The van der Waals surface area contributed by atoms with Gasteiger partial charge >= 0.3 is 12.0 Å². The first-order chi connectivity index (χ1) is 12.7. The van der Waals surface area contributed by atoms with E-state index in [0.29, 0.717) is 45.0 Å². The molecule has 1 aromatic rings. The molecule has 0 aromatic heterocycles. The van der Waals surface area contributed by atoms with E-state index in [0.717, 1.165) is 19.5 Å². The molecule has 0 saturated carbocycles. The first-order valence-corrected chi connectivity index (χ1v) is 9.66. The lowest BCUT2D eigenvalue weighted by atomic mass is 9.97. The van der Waals surface area contributed by atoms with Crippen LogP contribution in [0.3, 0.4) is 0 Å². The topological polar surface area (TPSA) is 61.9 Å². The number of anilines is 1. The van der Waals surface area contributed by atoms with Crippen LogP contribution in [0.2, 0.25) is 0 Å². The van der Waals surface area contributed by atoms with Gasteiger partial charge in [-0.1, -0.05) is 18.2 Å². The van der Waals surface area contributed by atoms with Crippen molar-refractivity contribution in [1.29, 1.82) is 0 Å². The van der Waals surface area contributed by atoms with Crippen LogP contribution in [0.5, 0.6) is 0 Å². The molecule has 0 bridgehead atoms. The predicted molar refractivity (Wildman–Crippen MR) is 101 cm³/mol. The molecule has 0 aliphatic carbocycles. The Bertz CT molecular complexity index is 600. The fourth-order valence-electron chi connectivity index (χ4n) is 3.79. The molecule has 0 spiro atoms. The summed E-state index contributed by atoms with van der Waals surface area (Å²) in [5.74, 6) is 0.295. The van der Waals surface area contributed by atoms with Crippen LogP contribution in [0.4, 0.5) is 10.5 Å². The summed E-state index contributed by atoms with van der Waals surface area (Å²) in [4.78, 5) is 28.4. The lowest BCUT2D eigenvalue weighted by Crippen LogP contribution is -2.46. The van der Waals surface area contributed by atoms with E-state index in [9.17, 15) is 9.59 Å². The Labute approximate surface area is 155 Å². The highest BCUT2D eigenvalue weighted by Crippen LogP contribution is 2.23. The van der Waals surface area contributed by atoms with Crippen molar-refractivity contribution < 1.29 is 14.3 Å². The van der Waals surface area contributed by atoms with Gasteiger partial charge in [0.15, 0.2) is 0 Å². The lowest BCUT2D eigenvalue weighted by molar-refractivity contribution is -0.149. The molecule has 2 aliphatic rings. The van der Waals surface area contributed by atoms with Gasteiger partial charge in [-0.3, -0.25) is 4.79 Å². The average Bonchev–Trinajstić information content (AvgIpc) is 3.16. The van der Waals surface area contributed by atoms with Crippen molar-refractivity contribution >= 4 is 17.7 Å². The molecule has 2 heterocycles. The molecular formula is C20H29N3O3. The van der Waals surface area contributed by atoms with Crippen molar-refractivity contribution in [2.75, 3.05) is 44.2 Å². The van der Waals surface area contributed by atoms with Crippen LogP contribution < -0.4 is 10.2 Å². The predicted octanol–water partition coefficient (Wildman–Crippen LogP) is 2.50. The molecule has 1 aromatic carbocycles. The number of carbonyl (C=O) groups excluding carboxylic acids is 2. The van der Waals surface area contributed by atoms with E-state index in [4.69, 9.17) is 4.74 Å². The molecule has 6 nitrogen and oxygen atoms in total. The van der Waals surface area contributed by atoms with E-state index in [1.54, 1.807) is 0 Å². The van der Waals surface area contributed by atoms with Gasteiger partial charge in [0.1, 0.15) is 0 Å². The molecule has 26 heavy (non-hydrogen) atoms. The van der Waals surface area contributed by atoms with Crippen molar-refractivity contribution in [3.05, 3.63) is 30.3 Å². The Kier molecular flexibility index (Phi) is 6.36. The molecular weight excluding hydrogens is 330 g/mol. The van der Waals surface area contributed by atoms with Gasteiger partial charge < -0.3 is 19.9 Å². The van der Waals surface area contributed by atoms with Gasteiger partial charge in [-0.05, 0) is 44.2 Å². The highest BCUT2D eigenvalue weighted by atomic mass is 16.5. The number of piperidine rings is 1. The van der Waals surface area contributed by atoms with Crippen LogP contribution in [0.15, 0.2) is 30.3 Å². The molecule has 2 aliphatic heterocycles. The van der Waals surface area contributed by atoms with Gasteiger partial charge in [-0.25, -0.2) is 4.79 Å². The van der Waals surface area contributed by atoms with E-state index in [1.807, 2.05) is 17.9 Å². The largest absolute Gasteiger partial charge is 0.466 e. The molecule has 1 unspecified atom stereocenters. The summed E-state index contributed by atoms with van der Waals surface area (Å²) in [7, 11) is 0. The molecule has 2 fully saturated rings. The summed E-state index contributed by atoms with van der Waals surface area (Å²) in [5.41, 5.74) is 1.25. The summed E-state index contributed by atoms with van der Waals surface area (Å²) in [6.07, 6.45) is 2.48. The van der Waals surface area contributed by atoms with E-state index >= 15 is 0 Å². The van der Waals surface area contributed by atoms with E-state index in [-0.39, 0.29) is 17.9 Å². The van der Waals surface area contributed by atoms with Crippen LogP contribution in [0.25, 0.3) is 0 Å². The maximum Gasteiger partial charge on any atom is 0.317 e. The first kappa shape index (κ1) is 18.5. The molecule has 6 heteroatoms. The Hall–Kier alpha value is -2.24. The summed E-state index contributed by atoms with van der Waals surface area (Å²) in [6.45, 7) is 6.21. The number of esters is 1. The second-order valence-electron chi connectivity index (χ2n) is 7.14. The Morgan fingerprint density at radius 2 is 1.85 bits per heavy atom. The summed E-state index contributed by atoms with van der Waals surface area (Å²) < 4.78 is 5.08. The molecule has 3 rings (SSSR count). The lowest BCUT2D eigenvalue weighted by Gasteiger charge is -2.31. The van der Waals surface area contributed by atoms with E-state index in [2.05, 4.69) is 34.5 Å². The van der Waals surface area contributed by atoms with Gasteiger partial charge in [0.25, 0.3) is 0 Å². The van der Waals surface area contributed by atoms with Crippen LogP contribution in [-0.4, -0.2) is 56.2 Å². The number of carbonyl (C=O) groups is 2. The number of benzene rings is 1. The summed E-state index contributed by atoms with van der Waals surface area (Å²) in [6, 6.07) is 10.4. The Morgan fingerprint density at radius 3 is 2.54 bits per heavy atom. The maximum absolute atomic E-state index is 12.4. The standard InChI is InChI=1S/C20H29N3O3/c1-2-26-19(24)17-9-12-22(13-10-17)20(25)21-14-16-8-11-23(15-16)18-6-4-3-5-7-18/h3-7,16-17H,2,8-15H2,1H3,(H,21,25). The third kappa shape index (κ3) is 4.68. The number of likely N-dealkylation sites (tertiary alicyclic amines) is 1. The minimum Gasteiger partial charge on any atom is -0.466 e. The summed E-state index contributed by atoms with van der Waals surface area (Å²) >= 11 is 0. The van der Waals surface area contributed by atoms with E-state index < -0.39 is 0 Å². The van der Waals surface area contributed by atoms with Gasteiger partial charge in [-0.2, -0.15) is 0 Å². The van der Waals surface area contributed by atoms with Gasteiger partial charge in [0, 0.05) is 38.4 Å². The zero-order valence-electron chi connectivity index (χ0n) is 15.5. The fourth-order valence-corrected chi connectivity index (χ4v) is 3.79. The average molecular weight is 359 g/mol. The first-order valence-electron chi connectivity index (χ1n) is 9.66. The third-order valence-electron chi connectivity index (χ3n) is 5.35. The molecule has 2 saturated heterocycles. The number of rotatable bonds is 5. The number of urea groups is 1. The minimum atomic E-state index is -0.125. The molecule has 2 amide bonds. The normalized spacial score (nSPS) is 20.9. The second kappa shape index (κ2) is 8.92. The number of hydrogen-bond donors (Lipinski definition) is 1. The van der Waals surface area contributed by atoms with Crippen LogP contribution >= 0.6 is 0 Å². The molecule has 142 valence electrons. The van der Waals surface area contributed by atoms with Crippen molar-refractivity contribution in [2.45, 2.75) is 26.2 Å². The minimum absolute atomic E-state index is 0.00882. The Balaban J connectivity index is 1.38. The number of hydrogen-bond acceptors (Lipinski definition) is 4. The molecule has 1 atom stereocenters. The monoisotopic (exact) mass is 359 g/mol. The highest BCUT2D eigenvalue weighted by Gasteiger charge is 2.29. The number of amides is 2.